The maximum atomic E-state index is 5.65. The van der Waals surface area contributed by atoms with E-state index in [0.717, 1.165) is 15.3 Å². The van der Waals surface area contributed by atoms with E-state index in [0.29, 0.717) is 0 Å². The molecule has 0 fully saturated rings. The molecule has 4 rings (SSSR count). The van der Waals surface area contributed by atoms with Gasteiger partial charge in [0.05, 0.1) is 5.75 Å². The fourth-order valence-electron chi connectivity index (χ4n) is 2.88. The molecule has 4 heteroatoms. The van der Waals surface area contributed by atoms with E-state index in [1.165, 1.54) is 19.6 Å². The monoisotopic (exact) mass is 502 g/mol. The Kier molecular flexibility index (Phi) is 6.27. The molecule has 1 heterocycles. The largest absolute Gasteiger partial charge is 0.454 e. The average molecular weight is 502 g/mol. The van der Waals surface area contributed by atoms with Crippen molar-refractivity contribution < 1.29 is 4.42 Å². The summed E-state index contributed by atoms with van der Waals surface area (Å²) in [5.41, 5.74) is 0. The molecule has 0 radical (unpaired) electrons. The van der Waals surface area contributed by atoms with Crippen LogP contribution in [0.15, 0.2) is 121 Å². The van der Waals surface area contributed by atoms with Crippen molar-refractivity contribution in [2.24, 2.45) is 0 Å². The van der Waals surface area contributed by atoms with Crippen molar-refractivity contribution >= 4 is 45.2 Å². The summed E-state index contributed by atoms with van der Waals surface area (Å²) in [6.45, 7) is 0. The van der Waals surface area contributed by atoms with E-state index in [-0.39, 0.29) is 0 Å². The highest BCUT2D eigenvalue weighted by atomic mass is 127. The fraction of sp³-hybridized carbons (Fsp3) is 0.0435. The van der Waals surface area contributed by atoms with Gasteiger partial charge in [0, 0.05) is 4.90 Å². The number of hydrogen-bond donors (Lipinski definition) is 1. The predicted octanol–water partition coefficient (Wildman–Crippen LogP) is 7.65. The number of furan rings is 1. The Labute approximate surface area is 180 Å². The summed E-state index contributed by atoms with van der Waals surface area (Å²) < 4.78 is 6.59. The highest BCUT2D eigenvalue weighted by Crippen LogP contribution is 2.51. The van der Waals surface area contributed by atoms with Crippen LogP contribution in [-0.2, 0) is 5.75 Å². The van der Waals surface area contributed by atoms with Crippen molar-refractivity contribution in [2.45, 2.75) is 25.3 Å². The molecule has 4 aromatic rings. The molecule has 0 bridgehead atoms. The van der Waals surface area contributed by atoms with E-state index in [9.17, 15) is 0 Å². The van der Waals surface area contributed by atoms with Gasteiger partial charge in [-0.05, 0) is 97.9 Å². The molecular formula is C23H19IOS2. The molecule has 1 aromatic heterocycles. The van der Waals surface area contributed by atoms with Gasteiger partial charge in [0.25, 0.3) is 0 Å². The van der Waals surface area contributed by atoms with Crippen molar-refractivity contribution in [1.29, 1.82) is 0 Å². The number of thiol groups is 1. The lowest BCUT2D eigenvalue weighted by atomic mass is 10.4. The summed E-state index contributed by atoms with van der Waals surface area (Å²) in [5, 5.41) is 0. The first kappa shape index (κ1) is 18.7. The molecule has 0 atom stereocenters. The first-order valence-corrected chi connectivity index (χ1v) is 12.1. The zero-order valence-corrected chi connectivity index (χ0v) is 18.5. The molecule has 0 aliphatic rings. The van der Waals surface area contributed by atoms with Crippen molar-refractivity contribution in [3.63, 3.8) is 0 Å². The third-order valence-corrected chi connectivity index (χ3v) is 8.19. The van der Waals surface area contributed by atoms with E-state index >= 15 is 0 Å². The van der Waals surface area contributed by atoms with Gasteiger partial charge in [-0.1, -0.05) is 36.4 Å². The van der Waals surface area contributed by atoms with Crippen molar-refractivity contribution in [3.05, 3.63) is 107 Å². The molecule has 0 aliphatic carbocycles. The molecule has 0 saturated heterocycles. The molecule has 1 nitrogen and oxygen atoms in total. The van der Waals surface area contributed by atoms with Gasteiger partial charge in [-0.2, -0.15) is 10.9 Å². The molecule has 0 spiro atoms. The Morgan fingerprint density at radius 2 is 1.22 bits per heavy atom. The Morgan fingerprint density at radius 3 is 1.74 bits per heavy atom. The van der Waals surface area contributed by atoms with Crippen LogP contribution in [0.25, 0.3) is 0 Å². The average Bonchev–Trinajstić information content (AvgIpc) is 3.14. The normalized spacial score (nSPS) is 11.4. The van der Waals surface area contributed by atoms with Crippen LogP contribution in [0.2, 0.25) is 0 Å². The number of hydrogen-bond acceptors (Lipinski definition) is 2. The van der Waals surface area contributed by atoms with Crippen molar-refractivity contribution in [1.82, 2.24) is 0 Å². The fourth-order valence-corrected chi connectivity index (χ4v) is 6.41. The summed E-state index contributed by atoms with van der Waals surface area (Å²) in [5.74, 6) is 1.87. The van der Waals surface area contributed by atoms with Crippen LogP contribution in [0.3, 0.4) is 0 Å². The minimum absolute atomic E-state index is 0.537. The van der Waals surface area contributed by atoms with Gasteiger partial charge in [-0.25, -0.2) is 0 Å². The number of rotatable bonds is 6. The summed E-state index contributed by atoms with van der Waals surface area (Å²) >= 11 is 4.01. The second kappa shape index (κ2) is 9.04. The quantitative estimate of drug-likeness (QED) is 0.165. The minimum Gasteiger partial charge on any atom is -0.454 e. The highest BCUT2D eigenvalue weighted by Gasteiger charge is 2.12. The second-order valence-corrected chi connectivity index (χ2v) is 10.3. The number of thioether (sulfide) groups is 1. The van der Waals surface area contributed by atoms with Gasteiger partial charge in [-0.15, -0.1) is 11.8 Å². The van der Waals surface area contributed by atoms with E-state index in [2.05, 4.69) is 108 Å². The highest BCUT2D eigenvalue weighted by molar-refractivity contribution is 14.1. The van der Waals surface area contributed by atoms with Gasteiger partial charge in [0.1, 0.15) is 5.76 Å². The first-order valence-electron chi connectivity index (χ1n) is 8.67. The summed E-state index contributed by atoms with van der Waals surface area (Å²) in [6.07, 6.45) is 0. The second-order valence-electron chi connectivity index (χ2n) is 5.99. The van der Waals surface area contributed by atoms with E-state index in [1.807, 2.05) is 23.9 Å². The topological polar surface area (TPSA) is 13.1 Å². The lowest BCUT2D eigenvalue weighted by Gasteiger charge is -2.23. The zero-order valence-electron chi connectivity index (χ0n) is 14.6. The lowest BCUT2D eigenvalue weighted by Crippen LogP contribution is -1.88. The zero-order chi connectivity index (χ0) is 18.5. The summed E-state index contributed by atoms with van der Waals surface area (Å²) in [6, 6.07) is 34.7. The van der Waals surface area contributed by atoms with E-state index in [4.69, 9.17) is 4.42 Å². The maximum absolute atomic E-state index is 5.65. The minimum atomic E-state index is -0.537. The van der Waals surface area contributed by atoms with Crippen LogP contribution < -0.4 is 0 Å². The molecule has 0 unspecified atom stereocenters. The van der Waals surface area contributed by atoms with Crippen LogP contribution in [0, 0.1) is 3.77 Å². The third kappa shape index (κ3) is 4.81. The predicted molar refractivity (Wildman–Crippen MR) is 124 cm³/mol. The third-order valence-electron chi connectivity index (χ3n) is 4.13. The van der Waals surface area contributed by atoms with Gasteiger partial charge in [0.2, 0.25) is 0 Å². The van der Waals surface area contributed by atoms with Crippen LogP contribution in [-0.4, -0.2) is 0 Å². The molecule has 3 aromatic carbocycles. The molecule has 27 heavy (non-hydrogen) atoms. The van der Waals surface area contributed by atoms with Crippen molar-refractivity contribution in [3.8, 4) is 0 Å². The lowest BCUT2D eigenvalue weighted by molar-refractivity contribution is 0.504. The van der Waals surface area contributed by atoms with Crippen LogP contribution in [0.1, 0.15) is 5.76 Å². The maximum Gasteiger partial charge on any atom is 0.164 e. The number of halogens is 1. The number of benzene rings is 3. The van der Waals surface area contributed by atoms with Gasteiger partial charge < -0.3 is 4.42 Å². The van der Waals surface area contributed by atoms with Crippen LogP contribution in [0.4, 0.5) is 0 Å². The molecule has 0 saturated carbocycles. The van der Waals surface area contributed by atoms with E-state index in [1.54, 1.807) is 0 Å². The first-order chi connectivity index (χ1) is 13.3. The molecule has 136 valence electrons. The standard InChI is InChI=1S/C23H19IOS2/c24-23-16-11-18(25-23)17-26-19-12-14-22(15-13-19)27(20-7-3-1-4-8-20)21-9-5-2-6-10-21/h1-16,27H,17H2. The summed E-state index contributed by atoms with van der Waals surface area (Å²) in [4.78, 5) is 5.40. The Hall–Kier alpha value is -1.63. The van der Waals surface area contributed by atoms with Gasteiger partial charge in [0.15, 0.2) is 3.77 Å². The molecular weight excluding hydrogens is 483 g/mol. The van der Waals surface area contributed by atoms with Gasteiger partial charge in [-0.3, -0.25) is 0 Å². The molecule has 0 amide bonds. The Bertz CT molecular complexity index is 942. The smallest absolute Gasteiger partial charge is 0.164 e. The van der Waals surface area contributed by atoms with E-state index < -0.39 is 10.9 Å². The van der Waals surface area contributed by atoms with Crippen LogP contribution >= 0.6 is 45.2 Å². The van der Waals surface area contributed by atoms with Crippen LogP contribution in [0.5, 0.6) is 0 Å². The summed E-state index contributed by atoms with van der Waals surface area (Å²) in [7, 11) is -0.537. The Balaban J connectivity index is 1.57. The SMILES string of the molecule is Ic1ccc(CSc2ccc([SH](c3ccccc3)c3ccccc3)cc2)o1. The molecule has 0 aliphatic heterocycles. The Morgan fingerprint density at radius 1 is 0.667 bits per heavy atom. The molecule has 0 N–H and O–H groups in total. The van der Waals surface area contributed by atoms with Gasteiger partial charge >= 0.3 is 0 Å². The van der Waals surface area contributed by atoms with Crippen molar-refractivity contribution in [2.75, 3.05) is 0 Å².